The van der Waals surface area contributed by atoms with E-state index in [9.17, 15) is 9.59 Å². The quantitative estimate of drug-likeness (QED) is 0.390. The van der Waals surface area contributed by atoms with Crippen molar-refractivity contribution in [2.24, 2.45) is 0 Å². The number of hydrogen-bond donors (Lipinski definition) is 4. The van der Waals surface area contributed by atoms with Crippen molar-refractivity contribution < 1.29 is 9.59 Å². The molecule has 1 aromatic carbocycles. The van der Waals surface area contributed by atoms with Gasteiger partial charge in [0.15, 0.2) is 11.6 Å². The Morgan fingerprint density at radius 2 is 1.90 bits per heavy atom. The van der Waals surface area contributed by atoms with Gasteiger partial charge >= 0.3 is 0 Å². The number of aromatic nitrogens is 4. The maximum atomic E-state index is 12.7. The van der Waals surface area contributed by atoms with Gasteiger partial charge < -0.3 is 20.6 Å². The first-order valence-electron chi connectivity index (χ1n) is 10.1. The Hall–Kier alpha value is -4.20. The normalized spacial score (nSPS) is 13.0. The topological polar surface area (TPSA) is 116 Å². The van der Waals surface area contributed by atoms with Crippen LogP contribution in [-0.2, 0) is 6.42 Å². The molecule has 31 heavy (non-hydrogen) atoms. The molecule has 154 valence electrons. The Morgan fingerprint density at radius 3 is 2.71 bits per heavy atom. The molecule has 0 spiro atoms. The lowest BCUT2D eigenvalue weighted by molar-refractivity contribution is 0.0971. The minimum atomic E-state index is -0.377. The molecule has 8 heteroatoms. The van der Waals surface area contributed by atoms with Gasteiger partial charge in [-0.05, 0) is 37.1 Å². The van der Waals surface area contributed by atoms with Crippen LogP contribution in [0.15, 0.2) is 61.1 Å². The third-order valence-corrected chi connectivity index (χ3v) is 5.23. The van der Waals surface area contributed by atoms with Crippen LogP contribution in [0.4, 0.5) is 17.2 Å². The average molecular weight is 412 g/mol. The van der Waals surface area contributed by atoms with Crippen LogP contribution < -0.4 is 10.6 Å². The number of benzene rings is 1. The molecule has 1 aliphatic carbocycles. The van der Waals surface area contributed by atoms with Gasteiger partial charge in [0.2, 0.25) is 0 Å². The number of nitrogens with one attached hydrogen (secondary N) is 4. The largest absolute Gasteiger partial charge is 0.356 e. The summed E-state index contributed by atoms with van der Waals surface area (Å²) in [6, 6.07) is 13.4. The van der Waals surface area contributed by atoms with E-state index < -0.39 is 0 Å². The zero-order chi connectivity index (χ0) is 21.2. The van der Waals surface area contributed by atoms with Crippen LogP contribution in [0.25, 0.3) is 11.3 Å². The van der Waals surface area contributed by atoms with Crippen molar-refractivity contribution in [1.82, 2.24) is 19.9 Å². The first-order valence-corrected chi connectivity index (χ1v) is 10.1. The monoisotopic (exact) mass is 412 g/mol. The van der Waals surface area contributed by atoms with Crippen LogP contribution in [0.5, 0.6) is 0 Å². The highest BCUT2D eigenvalue weighted by molar-refractivity contribution is 6.07. The third kappa shape index (κ3) is 3.71. The fourth-order valence-corrected chi connectivity index (χ4v) is 3.82. The van der Waals surface area contributed by atoms with Crippen molar-refractivity contribution in [1.29, 1.82) is 0 Å². The maximum absolute atomic E-state index is 12.7. The van der Waals surface area contributed by atoms with Gasteiger partial charge in [-0.2, -0.15) is 0 Å². The Morgan fingerprint density at radius 1 is 1.03 bits per heavy atom. The summed E-state index contributed by atoms with van der Waals surface area (Å²) in [6.45, 7) is 0. The molecule has 0 radical (unpaired) electrons. The second-order valence-electron chi connectivity index (χ2n) is 7.32. The van der Waals surface area contributed by atoms with Gasteiger partial charge in [0.25, 0.3) is 5.91 Å². The molecular weight excluding hydrogens is 392 g/mol. The minimum Gasteiger partial charge on any atom is -0.356 e. The Bertz CT molecular complexity index is 1240. The van der Waals surface area contributed by atoms with Crippen LogP contribution in [0.3, 0.4) is 0 Å². The van der Waals surface area contributed by atoms with Crippen molar-refractivity contribution in [3.8, 4) is 11.3 Å². The van der Waals surface area contributed by atoms with Gasteiger partial charge in [0, 0.05) is 42.0 Å². The predicted molar refractivity (Wildman–Crippen MR) is 118 cm³/mol. The number of para-hydroxylation sites is 1. The fourth-order valence-electron chi connectivity index (χ4n) is 3.82. The standard InChI is InChI=1S/C23H20N6O2/c30-17-8-4-7-16-19(17)21(27-15-5-2-1-3-6-15)20(28-16)14-9-10-24-18(13-14)29-23(31)22-25-11-12-26-22/h1-3,5-6,9-13,27-28H,4,7-8H2,(H,25,26)(H,24,29,31). The molecule has 0 saturated carbocycles. The molecule has 1 amide bonds. The number of hydrogen-bond acceptors (Lipinski definition) is 5. The van der Waals surface area contributed by atoms with Crippen molar-refractivity contribution in [3.63, 3.8) is 0 Å². The number of nitrogens with zero attached hydrogens (tertiary/aromatic N) is 2. The number of imidazole rings is 1. The van der Waals surface area contributed by atoms with Gasteiger partial charge in [0.05, 0.1) is 16.9 Å². The van der Waals surface area contributed by atoms with Crippen molar-refractivity contribution in [2.75, 3.05) is 10.6 Å². The number of carbonyl (C=O) groups is 2. The number of rotatable bonds is 5. The van der Waals surface area contributed by atoms with Crippen molar-refractivity contribution >= 4 is 28.9 Å². The van der Waals surface area contributed by atoms with E-state index in [2.05, 4.69) is 30.6 Å². The number of ketones is 1. The second kappa shape index (κ2) is 7.91. The maximum Gasteiger partial charge on any atom is 0.292 e. The zero-order valence-electron chi connectivity index (χ0n) is 16.6. The lowest BCUT2D eigenvalue weighted by atomic mass is 9.95. The highest BCUT2D eigenvalue weighted by atomic mass is 16.2. The average Bonchev–Trinajstić information content (AvgIpc) is 3.44. The Kier molecular flexibility index (Phi) is 4.80. The molecule has 5 rings (SSSR count). The summed E-state index contributed by atoms with van der Waals surface area (Å²) < 4.78 is 0. The van der Waals surface area contributed by atoms with Crippen molar-refractivity contribution in [2.45, 2.75) is 19.3 Å². The molecule has 0 atom stereocenters. The first kappa shape index (κ1) is 18.8. The van der Waals surface area contributed by atoms with Gasteiger partial charge in [0.1, 0.15) is 5.82 Å². The number of amides is 1. The van der Waals surface area contributed by atoms with Gasteiger partial charge in [-0.15, -0.1) is 0 Å². The molecule has 0 aliphatic heterocycles. The number of pyridine rings is 1. The van der Waals surface area contributed by atoms with E-state index >= 15 is 0 Å². The predicted octanol–water partition coefficient (Wildman–Crippen LogP) is 4.31. The smallest absolute Gasteiger partial charge is 0.292 e. The molecule has 0 unspecified atom stereocenters. The Balaban J connectivity index is 1.54. The van der Waals surface area contributed by atoms with E-state index in [-0.39, 0.29) is 17.5 Å². The number of aromatic amines is 2. The third-order valence-electron chi connectivity index (χ3n) is 5.23. The molecule has 4 aromatic rings. The fraction of sp³-hybridized carbons (Fsp3) is 0.130. The summed E-state index contributed by atoms with van der Waals surface area (Å²) in [6.07, 6.45) is 6.91. The summed E-state index contributed by atoms with van der Waals surface area (Å²) in [4.78, 5) is 39.5. The molecule has 3 heterocycles. The van der Waals surface area contributed by atoms with E-state index in [0.29, 0.717) is 17.8 Å². The number of H-pyrrole nitrogens is 2. The van der Waals surface area contributed by atoms with Crippen molar-refractivity contribution in [3.05, 3.63) is 78.1 Å². The molecule has 3 aromatic heterocycles. The minimum absolute atomic E-state index is 0.127. The second-order valence-corrected chi connectivity index (χ2v) is 7.32. The van der Waals surface area contributed by atoms with Gasteiger partial charge in [-0.25, -0.2) is 9.97 Å². The molecule has 0 fully saturated rings. The summed E-state index contributed by atoms with van der Waals surface area (Å²) in [5.41, 5.74) is 4.89. The number of aryl methyl sites for hydroxylation is 1. The Labute approximate surface area is 178 Å². The summed E-state index contributed by atoms with van der Waals surface area (Å²) in [7, 11) is 0. The molecular formula is C23H20N6O2. The first-order chi connectivity index (χ1) is 15.2. The van der Waals surface area contributed by atoms with E-state index in [1.807, 2.05) is 36.4 Å². The SMILES string of the molecule is O=C(Nc1cc(-c2[nH]c3c(c2Nc2ccccc2)C(=O)CCC3)ccn1)c1ncc[nH]1. The van der Waals surface area contributed by atoms with E-state index in [1.54, 1.807) is 18.5 Å². The zero-order valence-corrected chi connectivity index (χ0v) is 16.6. The van der Waals surface area contributed by atoms with E-state index in [0.717, 1.165) is 41.2 Å². The summed E-state index contributed by atoms with van der Waals surface area (Å²) in [5, 5.41) is 6.17. The molecule has 4 N–H and O–H groups in total. The number of carbonyl (C=O) groups excluding carboxylic acids is 2. The molecule has 0 saturated heterocycles. The van der Waals surface area contributed by atoms with E-state index in [1.165, 1.54) is 6.20 Å². The summed E-state index contributed by atoms with van der Waals surface area (Å²) in [5.74, 6) is 0.351. The molecule has 1 aliphatic rings. The number of fused-ring (bicyclic) bond motifs is 1. The molecule has 8 nitrogen and oxygen atoms in total. The number of Topliss-reactive ketones (excluding diaryl/α,β-unsaturated/α-hetero) is 1. The van der Waals surface area contributed by atoms with Crippen LogP contribution in [0, 0.1) is 0 Å². The van der Waals surface area contributed by atoms with Crippen LogP contribution in [-0.4, -0.2) is 31.6 Å². The lowest BCUT2D eigenvalue weighted by Crippen LogP contribution is -2.14. The molecule has 0 bridgehead atoms. The lowest BCUT2D eigenvalue weighted by Gasteiger charge is -2.14. The van der Waals surface area contributed by atoms with Crippen LogP contribution in [0.1, 0.15) is 39.5 Å². The van der Waals surface area contributed by atoms with Gasteiger partial charge in [-0.3, -0.25) is 9.59 Å². The van der Waals surface area contributed by atoms with Crippen LogP contribution >= 0.6 is 0 Å². The highest BCUT2D eigenvalue weighted by Crippen LogP contribution is 2.39. The highest BCUT2D eigenvalue weighted by Gasteiger charge is 2.27. The summed E-state index contributed by atoms with van der Waals surface area (Å²) >= 11 is 0. The van der Waals surface area contributed by atoms with Crippen LogP contribution in [0.2, 0.25) is 0 Å². The number of anilines is 3. The van der Waals surface area contributed by atoms with Gasteiger partial charge in [-0.1, -0.05) is 18.2 Å². The van der Waals surface area contributed by atoms with E-state index in [4.69, 9.17) is 0 Å².